The Hall–Kier alpha value is -8.40. The zero-order chi connectivity index (χ0) is 42.6. The van der Waals surface area contributed by atoms with Crippen molar-refractivity contribution in [1.29, 1.82) is 0 Å². The molecule has 3 nitrogen and oxygen atoms in total. The van der Waals surface area contributed by atoms with Crippen LogP contribution in [0.3, 0.4) is 0 Å². The third-order valence-electron chi connectivity index (χ3n) is 12.8. The minimum atomic E-state index is 1.10. The standard InChI is InChI=1S/C61H43N3/c1-42-23-29-49(30-24-42)62(51-33-25-43-13-5-7-15-46(43)39-51)50-31-27-45(28-32-50)54-36-38-60(56-20-10-9-19-55(54)56)63(52-34-26-44-14-6-8-16-47(44)40-52)53-35-37-61-58(41-53)57-21-11-12-22-59(57)64(61)48-17-3-2-4-18-48/h2-41H,1H3. The van der Waals surface area contributed by atoms with Gasteiger partial charge < -0.3 is 14.4 Å². The van der Waals surface area contributed by atoms with Crippen LogP contribution >= 0.6 is 0 Å². The molecule has 0 aliphatic carbocycles. The molecular weight excluding hydrogens is 775 g/mol. The van der Waals surface area contributed by atoms with Gasteiger partial charge in [-0.2, -0.15) is 0 Å². The lowest BCUT2D eigenvalue weighted by Gasteiger charge is -2.28. The van der Waals surface area contributed by atoms with Crippen molar-refractivity contribution in [2.24, 2.45) is 0 Å². The highest BCUT2D eigenvalue weighted by Crippen LogP contribution is 2.45. The number of nitrogens with zero attached hydrogens (tertiary/aromatic N) is 3. The summed E-state index contributed by atoms with van der Waals surface area (Å²) in [5, 5.41) is 9.70. The van der Waals surface area contributed by atoms with E-state index in [4.69, 9.17) is 0 Å². The monoisotopic (exact) mass is 817 g/mol. The zero-order valence-corrected chi connectivity index (χ0v) is 35.4. The van der Waals surface area contributed by atoms with Crippen molar-refractivity contribution >= 4 is 88.2 Å². The predicted octanol–water partition coefficient (Wildman–Crippen LogP) is 17.2. The molecule has 0 unspecified atom stereocenters. The van der Waals surface area contributed by atoms with Crippen LogP contribution in [-0.4, -0.2) is 4.57 Å². The second kappa shape index (κ2) is 15.5. The van der Waals surface area contributed by atoms with Crippen molar-refractivity contribution in [3.8, 4) is 16.8 Å². The summed E-state index contributed by atoms with van der Waals surface area (Å²) < 4.78 is 2.38. The quantitative estimate of drug-likeness (QED) is 0.151. The lowest BCUT2D eigenvalue weighted by atomic mass is 9.95. The van der Waals surface area contributed by atoms with Crippen molar-refractivity contribution in [3.63, 3.8) is 0 Å². The molecule has 12 rings (SSSR count). The van der Waals surface area contributed by atoms with Crippen LogP contribution in [0, 0.1) is 6.92 Å². The Labute approximate surface area is 372 Å². The zero-order valence-electron chi connectivity index (χ0n) is 35.4. The Kier molecular flexibility index (Phi) is 9.05. The molecule has 1 aromatic heterocycles. The minimum absolute atomic E-state index is 1.10. The van der Waals surface area contributed by atoms with Crippen LogP contribution < -0.4 is 9.80 Å². The molecule has 0 saturated carbocycles. The maximum atomic E-state index is 2.44. The maximum Gasteiger partial charge on any atom is 0.0542 e. The predicted molar refractivity (Wildman–Crippen MR) is 273 cm³/mol. The first-order valence-corrected chi connectivity index (χ1v) is 22.0. The molecule has 0 bridgehead atoms. The normalized spacial score (nSPS) is 11.5. The van der Waals surface area contributed by atoms with Crippen molar-refractivity contribution in [1.82, 2.24) is 4.57 Å². The summed E-state index contributed by atoms with van der Waals surface area (Å²) in [5.74, 6) is 0. The summed E-state index contributed by atoms with van der Waals surface area (Å²) in [6, 6.07) is 88.5. The molecule has 0 amide bonds. The van der Waals surface area contributed by atoms with Crippen LogP contribution in [0.1, 0.15) is 5.56 Å². The van der Waals surface area contributed by atoms with Gasteiger partial charge in [0.25, 0.3) is 0 Å². The van der Waals surface area contributed by atoms with Crippen LogP contribution in [-0.2, 0) is 0 Å². The second-order valence-electron chi connectivity index (χ2n) is 16.7. The lowest BCUT2D eigenvalue weighted by Crippen LogP contribution is -2.11. The van der Waals surface area contributed by atoms with Gasteiger partial charge in [-0.15, -0.1) is 0 Å². The SMILES string of the molecule is Cc1ccc(N(c2ccc(-c3ccc(N(c4ccc5ccccc5c4)c4ccc5c(c4)c4ccccc4n5-c4ccccc4)c4ccccc34)cc2)c2ccc3ccccc3c2)cc1. The molecule has 12 aromatic rings. The second-order valence-corrected chi connectivity index (χ2v) is 16.7. The average molecular weight is 818 g/mol. The molecule has 0 atom stereocenters. The largest absolute Gasteiger partial charge is 0.310 e. The van der Waals surface area contributed by atoms with Crippen molar-refractivity contribution in [3.05, 3.63) is 248 Å². The molecule has 0 fully saturated rings. The third kappa shape index (κ3) is 6.45. The van der Waals surface area contributed by atoms with E-state index in [1.165, 1.54) is 70.8 Å². The van der Waals surface area contributed by atoms with E-state index in [1.54, 1.807) is 0 Å². The number of para-hydroxylation sites is 2. The van der Waals surface area contributed by atoms with Gasteiger partial charge in [-0.1, -0.05) is 157 Å². The van der Waals surface area contributed by atoms with E-state index in [1.807, 2.05) is 0 Å². The molecule has 0 aliphatic rings. The van der Waals surface area contributed by atoms with Crippen LogP contribution in [0.25, 0.3) is 70.9 Å². The van der Waals surface area contributed by atoms with Crippen molar-refractivity contribution in [2.45, 2.75) is 6.92 Å². The van der Waals surface area contributed by atoms with Crippen LogP contribution in [0.2, 0.25) is 0 Å². The van der Waals surface area contributed by atoms with E-state index < -0.39 is 0 Å². The van der Waals surface area contributed by atoms with E-state index in [2.05, 4.69) is 264 Å². The summed E-state index contributed by atoms with van der Waals surface area (Å²) in [6.45, 7) is 2.14. The summed E-state index contributed by atoms with van der Waals surface area (Å²) >= 11 is 0. The molecule has 0 radical (unpaired) electrons. The third-order valence-corrected chi connectivity index (χ3v) is 12.8. The highest BCUT2D eigenvalue weighted by atomic mass is 15.1. The molecule has 0 saturated heterocycles. The minimum Gasteiger partial charge on any atom is -0.310 e. The molecule has 0 aliphatic heterocycles. The molecule has 3 heteroatoms. The molecule has 0 N–H and O–H groups in total. The van der Waals surface area contributed by atoms with Gasteiger partial charge in [-0.3, -0.25) is 0 Å². The van der Waals surface area contributed by atoms with Crippen molar-refractivity contribution in [2.75, 3.05) is 9.80 Å². The van der Waals surface area contributed by atoms with Crippen molar-refractivity contribution < 1.29 is 0 Å². The maximum absolute atomic E-state index is 2.44. The number of aryl methyl sites for hydroxylation is 1. The Morgan fingerprint density at radius 1 is 0.312 bits per heavy atom. The number of hydrogen-bond donors (Lipinski definition) is 0. The van der Waals surface area contributed by atoms with Gasteiger partial charge in [0.2, 0.25) is 0 Å². The Morgan fingerprint density at radius 2 is 0.812 bits per heavy atom. The van der Waals surface area contributed by atoms with Gasteiger partial charge in [0, 0.05) is 50.3 Å². The average Bonchev–Trinajstić information content (AvgIpc) is 3.69. The molecule has 64 heavy (non-hydrogen) atoms. The number of rotatable bonds is 8. The van der Waals surface area contributed by atoms with Gasteiger partial charge in [-0.25, -0.2) is 0 Å². The molecular formula is C61H43N3. The summed E-state index contributed by atoms with van der Waals surface area (Å²) in [5.41, 5.74) is 13.8. The van der Waals surface area contributed by atoms with E-state index in [9.17, 15) is 0 Å². The van der Waals surface area contributed by atoms with E-state index in [0.29, 0.717) is 0 Å². The summed E-state index contributed by atoms with van der Waals surface area (Å²) in [7, 11) is 0. The smallest absolute Gasteiger partial charge is 0.0542 e. The Morgan fingerprint density at radius 3 is 1.50 bits per heavy atom. The van der Waals surface area contributed by atoms with Gasteiger partial charge >= 0.3 is 0 Å². The summed E-state index contributed by atoms with van der Waals surface area (Å²) in [6.07, 6.45) is 0. The number of hydrogen-bond acceptors (Lipinski definition) is 2. The van der Waals surface area contributed by atoms with E-state index in [0.717, 1.165) is 39.8 Å². The molecule has 1 heterocycles. The lowest BCUT2D eigenvalue weighted by molar-refractivity contribution is 1.18. The highest BCUT2D eigenvalue weighted by molar-refractivity contribution is 6.12. The van der Waals surface area contributed by atoms with Gasteiger partial charge in [0.05, 0.1) is 16.7 Å². The molecule has 11 aromatic carbocycles. The fourth-order valence-electron chi connectivity index (χ4n) is 9.68. The first kappa shape index (κ1) is 37.4. The van der Waals surface area contributed by atoms with Crippen LogP contribution in [0.15, 0.2) is 243 Å². The van der Waals surface area contributed by atoms with Crippen LogP contribution in [0.5, 0.6) is 0 Å². The Bertz CT molecular complexity index is 3680. The number of fused-ring (bicyclic) bond motifs is 6. The molecule has 0 spiro atoms. The topological polar surface area (TPSA) is 11.4 Å². The van der Waals surface area contributed by atoms with Crippen LogP contribution in [0.4, 0.5) is 34.1 Å². The van der Waals surface area contributed by atoms with E-state index >= 15 is 0 Å². The number of anilines is 6. The van der Waals surface area contributed by atoms with Gasteiger partial charge in [0.15, 0.2) is 0 Å². The van der Waals surface area contributed by atoms with E-state index in [-0.39, 0.29) is 0 Å². The first-order chi connectivity index (χ1) is 31.6. The number of benzene rings is 11. The summed E-state index contributed by atoms with van der Waals surface area (Å²) in [4.78, 5) is 4.80. The fourth-order valence-corrected chi connectivity index (χ4v) is 9.68. The highest BCUT2D eigenvalue weighted by Gasteiger charge is 2.21. The number of aromatic nitrogens is 1. The van der Waals surface area contributed by atoms with Gasteiger partial charge in [0.1, 0.15) is 0 Å². The first-order valence-electron chi connectivity index (χ1n) is 22.0. The Balaban J connectivity index is 1.00. The molecule has 302 valence electrons. The fraction of sp³-hybridized carbons (Fsp3) is 0.0164. The van der Waals surface area contributed by atoms with Gasteiger partial charge in [-0.05, 0) is 136 Å².